The van der Waals surface area contributed by atoms with Gasteiger partial charge in [-0.15, -0.1) is 0 Å². The molecule has 1 aliphatic heterocycles. The van der Waals surface area contributed by atoms with Gasteiger partial charge < -0.3 is 19.3 Å². The second-order valence-electron chi connectivity index (χ2n) is 7.18. The summed E-state index contributed by atoms with van der Waals surface area (Å²) in [6.07, 6.45) is 3.79. The summed E-state index contributed by atoms with van der Waals surface area (Å²) >= 11 is 0. The Kier molecular flexibility index (Phi) is 5.54. The van der Waals surface area contributed by atoms with Gasteiger partial charge in [0, 0.05) is 20.3 Å². The van der Waals surface area contributed by atoms with Crippen molar-refractivity contribution in [1.29, 1.82) is 0 Å². The van der Waals surface area contributed by atoms with E-state index in [2.05, 4.69) is 40.4 Å². The molecule has 24 heavy (non-hydrogen) atoms. The summed E-state index contributed by atoms with van der Waals surface area (Å²) in [6, 6.07) is 4.29. The van der Waals surface area contributed by atoms with Gasteiger partial charge in [0.25, 0.3) is 0 Å². The van der Waals surface area contributed by atoms with E-state index in [0.717, 1.165) is 50.1 Å². The fourth-order valence-corrected chi connectivity index (χ4v) is 3.61. The number of piperidine rings is 1. The number of nitrogens with zero attached hydrogens (tertiary/aromatic N) is 3. The summed E-state index contributed by atoms with van der Waals surface area (Å²) in [5.41, 5.74) is 4.63. The number of aryl methyl sites for hydroxylation is 2. The van der Waals surface area contributed by atoms with Crippen LogP contribution in [0.3, 0.4) is 0 Å². The highest BCUT2D eigenvalue weighted by molar-refractivity contribution is 5.77. The predicted molar refractivity (Wildman–Crippen MR) is 96.3 cm³/mol. The monoisotopic (exact) mass is 331 g/mol. The molecule has 1 aliphatic rings. The summed E-state index contributed by atoms with van der Waals surface area (Å²) in [7, 11) is 1.77. The third-order valence-electron chi connectivity index (χ3n) is 5.22. The van der Waals surface area contributed by atoms with Crippen LogP contribution < -0.4 is 0 Å². The molecule has 1 atom stereocenters. The number of methoxy groups -OCH3 is 1. The third kappa shape index (κ3) is 3.97. The van der Waals surface area contributed by atoms with Crippen LogP contribution in [0.25, 0.3) is 11.0 Å². The van der Waals surface area contributed by atoms with E-state index >= 15 is 0 Å². The molecule has 1 saturated heterocycles. The van der Waals surface area contributed by atoms with Gasteiger partial charge in [0.15, 0.2) is 0 Å². The van der Waals surface area contributed by atoms with Gasteiger partial charge in [-0.25, -0.2) is 4.98 Å². The number of hydrogen-bond donors (Lipinski definition) is 1. The lowest BCUT2D eigenvalue weighted by Gasteiger charge is -2.32. The molecular weight excluding hydrogens is 302 g/mol. The fourth-order valence-electron chi connectivity index (χ4n) is 3.61. The number of hydrogen-bond acceptors (Lipinski definition) is 4. The number of ether oxygens (including phenoxy) is 1. The van der Waals surface area contributed by atoms with Crippen LogP contribution in [0.15, 0.2) is 18.5 Å². The van der Waals surface area contributed by atoms with Gasteiger partial charge in [0.2, 0.25) is 0 Å². The summed E-state index contributed by atoms with van der Waals surface area (Å²) < 4.78 is 7.32. The zero-order chi connectivity index (χ0) is 17.1. The molecule has 0 radical (unpaired) electrons. The van der Waals surface area contributed by atoms with Crippen molar-refractivity contribution >= 4 is 11.0 Å². The van der Waals surface area contributed by atoms with E-state index in [1.165, 1.54) is 11.1 Å². The SMILES string of the molecule is COCC1CCN(CC(O)Cn2cnc3cc(C)c(C)cc32)CC1. The number of β-amino-alcohol motifs (C(OH)–C–C–N with tert-alkyl or cyclic N) is 1. The van der Waals surface area contributed by atoms with Crippen LogP contribution in [0.1, 0.15) is 24.0 Å². The van der Waals surface area contributed by atoms with E-state index in [1.807, 2.05) is 6.33 Å². The maximum atomic E-state index is 10.5. The molecule has 132 valence electrons. The number of benzene rings is 1. The predicted octanol–water partition coefficient (Wildman–Crippen LogP) is 2.37. The number of aliphatic hydroxyl groups is 1. The van der Waals surface area contributed by atoms with Gasteiger partial charge >= 0.3 is 0 Å². The average molecular weight is 331 g/mol. The minimum absolute atomic E-state index is 0.372. The Hall–Kier alpha value is -1.43. The molecule has 0 spiro atoms. The third-order valence-corrected chi connectivity index (χ3v) is 5.22. The second kappa shape index (κ2) is 7.64. The van der Waals surface area contributed by atoms with Gasteiger partial charge in [-0.3, -0.25) is 0 Å². The van der Waals surface area contributed by atoms with E-state index in [-0.39, 0.29) is 6.10 Å². The first kappa shape index (κ1) is 17.4. The van der Waals surface area contributed by atoms with Crippen molar-refractivity contribution in [2.24, 2.45) is 5.92 Å². The lowest BCUT2D eigenvalue weighted by atomic mass is 9.97. The number of fused-ring (bicyclic) bond motifs is 1. The maximum Gasteiger partial charge on any atom is 0.0959 e. The molecule has 0 bridgehead atoms. The van der Waals surface area contributed by atoms with Crippen LogP contribution in [0.5, 0.6) is 0 Å². The van der Waals surface area contributed by atoms with Gasteiger partial charge in [-0.2, -0.15) is 0 Å². The van der Waals surface area contributed by atoms with E-state index in [4.69, 9.17) is 4.74 Å². The molecule has 5 heteroatoms. The summed E-state index contributed by atoms with van der Waals surface area (Å²) in [5.74, 6) is 0.673. The standard InChI is InChI=1S/C19H29N3O2/c1-14-8-18-19(9-15(14)2)22(13-20-18)11-17(23)10-21-6-4-16(5-7-21)12-24-3/h8-9,13,16-17,23H,4-7,10-12H2,1-3H3. The Morgan fingerprint density at radius 2 is 1.92 bits per heavy atom. The van der Waals surface area contributed by atoms with Crippen LogP contribution in [0.4, 0.5) is 0 Å². The highest BCUT2D eigenvalue weighted by atomic mass is 16.5. The zero-order valence-electron chi connectivity index (χ0n) is 15.0. The molecule has 3 rings (SSSR count). The molecule has 0 aliphatic carbocycles. The van der Waals surface area contributed by atoms with Crippen LogP contribution in [-0.2, 0) is 11.3 Å². The number of likely N-dealkylation sites (tertiary alicyclic amines) is 1. The molecule has 1 unspecified atom stereocenters. The fraction of sp³-hybridized carbons (Fsp3) is 0.632. The second-order valence-corrected chi connectivity index (χ2v) is 7.18. The Morgan fingerprint density at radius 3 is 2.62 bits per heavy atom. The van der Waals surface area contributed by atoms with Crippen molar-refractivity contribution in [1.82, 2.24) is 14.5 Å². The summed E-state index contributed by atoms with van der Waals surface area (Å²) in [4.78, 5) is 6.84. The minimum atomic E-state index is -0.372. The van der Waals surface area contributed by atoms with Crippen molar-refractivity contribution in [2.45, 2.75) is 39.3 Å². The van der Waals surface area contributed by atoms with Crippen LogP contribution in [-0.4, -0.2) is 59.0 Å². The molecule has 1 aromatic heterocycles. The lowest BCUT2D eigenvalue weighted by molar-refractivity contribution is 0.0598. The first-order chi connectivity index (χ1) is 11.6. The number of aromatic nitrogens is 2. The molecule has 5 nitrogen and oxygen atoms in total. The van der Waals surface area contributed by atoms with Gasteiger partial charge in [-0.05, 0) is 69.0 Å². The minimum Gasteiger partial charge on any atom is -0.390 e. The van der Waals surface area contributed by atoms with Crippen molar-refractivity contribution in [3.05, 3.63) is 29.6 Å². The molecule has 1 fully saturated rings. The summed E-state index contributed by atoms with van der Waals surface area (Å²) in [5, 5.41) is 10.5. The quantitative estimate of drug-likeness (QED) is 0.883. The smallest absolute Gasteiger partial charge is 0.0959 e. The lowest BCUT2D eigenvalue weighted by Crippen LogP contribution is -2.40. The number of aliphatic hydroxyl groups excluding tert-OH is 1. The van der Waals surface area contributed by atoms with Crippen molar-refractivity contribution in [3.8, 4) is 0 Å². The normalized spacial score (nSPS) is 18.3. The topological polar surface area (TPSA) is 50.5 Å². The van der Waals surface area contributed by atoms with Crippen molar-refractivity contribution in [2.75, 3.05) is 33.4 Å². The molecule has 1 aromatic carbocycles. The van der Waals surface area contributed by atoms with Gasteiger partial charge in [0.05, 0.1) is 30.0 Å². The molecule has 1 N–H and O–H groups in total. The molecule has 2 aromatic rings. The highest BCUT2D eigenvalue weighted by Crippen LogP contribution is 2.20. The number of rotatable bonds is 6. The highest BCUT2D eigenvalue weighted by Gasteiger charge is 2.21. The van der Waals surface area contributed by atoms with E-state index < -0.39 is 0 Å². The Bertz CT molecular complexity index is 675. The van der Waals surface area contributed by atoms with Gasteiger partial charge in [-0.1, -0.05) is 0 Å². The maximum absolute atomic E-state index is 10.5. The van der Waals surface area contributed by atoms with Crippen LogP contribution in [0, 0.1) is 19.8 Å². The first-order valence-corrected chi connectivity index (χ1v) is 8.88. The molecule has 0 saturated carbocycles. The Morgan fingerprint density at radius 1 is 1.21 bits per heavy atom. The Labute approximate surface area is 144 Å². The molecule has 2 heterocycles. The number of imidazole rings is 1. The summed E-state index contributed by atoms with van der Waals surface area (Å²) in [6.45, 7) is 8.50. The molecular formula is C19H29N3O2. The van der Waals surface area contributed by atoms with Crippen molar-refractivity contribution in [3.63, 3.8) is 0 Å². The van der Waals surface area contributed by atoms with Crippen LogP contribution >= 0.6 is 0 Å². The average Bonchev–Trinajstić information content (AvgIpc) is 2.92. The zero-order valence-corrected chi connectivity index (χ0v) is 15.0. The van der Waals surface area contributed by atoms with E-state index in [0.29, 0.717) is 12.5 Å². The van der Waals surface area contributed by atoms with E-state index in [9.17, 15) is 5.11 Å². The van der Waals surface area contributed by atoms with Gasteiger partial charge in [0.1, 0.15) is 0 Å². The largest absolute Gasteiger partial charge is 0.390 e. The van der Waals surface area contributed by atoms with Crippen LogP contribution in [0.2, 0.25) is 0 Å². The first-order valence-electron chi connectivity index (χ1n) is 8.88. The van der Waals surface area contributed by atoms with Crippen molar-refractivity contribution < 1.29 is 9.84 Å². The molecule has 0 amide bonds. The van der Waals surface area contributed by atoms with E-state index in [1.54, 1.807) is 7.11 Å². The Balaban J connectivity index is 1.58.